The van der Waals surface area contributed by atoms with Gasteiger partial charge < -0.3 is 30.4 Å². The number of benzene rings is 1. The van der Waals surface area contributed by atoms with Crippen LogP contribution in [-0.4, -0.2) is 97.5 Å². The zero-order chi connectivity index (χ0) is 32.4. The highest BCUT2D eigenvalue weighted by molar-refractivity contribution is 6.33. The number of anilines is 3. The van der Waals surface area contributed by atoms with Crippen LogP contribution in [0.15, 0.2) is 54.9 Å². The average Bonchev–Trinajstić information content (AvgIpc) is 3.39. The number of amides is 2. The number of likely N-dealkylation sites (N-methyl/N-ethyl adjacent to an activating group) is 1. The van der Waals surface area contributed by atoms with Crippen molar-refractivity contribution >= 4 is 41.0 Å². The van der Waals surface area contributed by atoms with E-state index in [-0.39, 0.29) is 25.0 Å². The quantitative estimate of drug-likeness (QED) is 0.247. The van der Waals surface area contributed by atoms with Gasteiger partial charge in [0.15, 0.2) is 0 Å². The Kier molecular flexibility index (Phi) is 9.06. The molecule has 4 aromatic rings. The lowest BCUT2D eigenvalue weighted by Crippen LogP contribution is -2.47. The highest BCUT2D eigenvalue weighted by Gasteiger charge is 2.35. The normalized spacial score (nSPS) is 16.2. The van der Waals surface area contributed by atoms with Crippen LogP contribution >= 0.6 is 11.6 Å². The van der Waals surface area contributed by atoms with Crippen LogP contribution in [0.1, 0.15) is 40.4 Å². The van der Waals surface area contributed by atoms with E-state index < -0.39 is 12.1 Å². The van der Waals surface area contributed by atoms with Gasteiger partial charge in [0.1, 0.15) is 23.5 Å². The number of rotatable bonds is 9. The number of halogens is 1. The minimum Gasteiger partial charge on any atom is -0.394 e. The fourth-order valence-corrected chi connectivity index (χ4v) is 5.75. The summed E-state index contributed by atoms with van der Waals surface area (Å²) in [7, 11) is 2.09. The van der Waals surface area contributed by atoms with Crippen molar-refractivity contribution in [2.24, 2.45) is 0 Å². The molecule has 0 saturated carbocycles. The number of aromatic nitrogens is 5. The van der Waals surface area contributed by atoms with E-state index >= 15 is 0 Å². The number of hydrogen-bond acceptors (Lipinski definition) is 11. The summed E-state index contributed by atoms with van der Waals surface area (Å²) in [6, 6.07) is 11.2. The summed E-state index contributed by atoms with van der Waals surface area (Å²) in [5, 5.41) is 16.5. The zero-order valence-corrected chi connectivity index (χ0v) is 26.6. The van der Waals surface area contributed by atoms with Gasteiger partial charge in [0.2, 0.25) is 11.9 Å². The van der Waals surface area contributed by atoms with Gasteiger partial charge in [-0.05, 0) is 50.7 Å². The van der Waals surface area contributed by atoms with E-state index in [1.54, 1.807) is 38.2 Å². The van der Waals surface area contributed by atoms with Crippen molar-refractivity contribution in [2.45, 2.75) is 32.5 Å². The SMILES string of the molecule is Cc1nccc(Nc2ncc(Cl)c(-c3ccc4c(c3)C(=O)N([C@H](C)C(=O)N[C@H](CO)c3cccc(N5CCN(C)CC5)n3)C4)n2)n1. The topological polar surface area (TPSA) is 153 Å². The van der Waals surface area contributed by atoms with Crippen molar-refractivity contribution in [1.29, 1.82) is 0 Å². The van der Waals surface area contributed by atoms with E-state index in [4.69, 9.17) is 16.6 Å². The van der Waals surface area contributed by atoms with Crippen molar-refractivity contribution in [3.63, 3.8) is 0 Å². The minimum atomic E-state index is -0.798. The molecule has 3 N–H and O–H groups in total. The Morgan fingerprint density at radius 3 is 2.63 bits per heavy atom. The van der Waals surface area contributed by atoms with Crippen molar-refractivity contribution in [2.75, 3.05) is 50.1 Å². The van der Waals surface area contributed by atoms with E-state index in [2.05, 4.69) is 47.4 Å². The Balaban J connectivity index is 1.15. The van der Waals surface area contributed by atoms with E-state index in [9.17, 15) is 14.7 Å². The lowest BCUT2D eigenvalue weighted by molar-refractivity contribution is -0.126. The standard InChI is InChI=1S/C32H35ClN10O3/c1-19(30(45)38-26(18-44)25-5-4-6-28(37-25)42-13-11-41(3)12-14-42)43-17-22-8-7-21(15-23(22)31(43)46)29-24(33)16-35-32(40-29)39-27-9-10-34-20(2)36-27/h4-10,15-16,19,26,44H,11-14,17-18H2,1-3H3,(H,38,45)(H,34,35,36,39,40)/t19-,26-/m1/s1. The third kappa shape index (κ3) is 6.62. The van der Waals surface area contributed by atoms with Crippen LogP contribution < -0.4 is 15.5 Å². The molecule has 0 radical (unpaired) electrons. The Hall–Kier alpha value is -4.72. The summed E-state index contributed by atoms with van der Waals surface area (Å²) in [6.45, 7) is 6.97. The molecule has 0 spiro atoms. The fraction of sp³-hybridized carbons (Fsp3) is 0.344. The number of piperazine rings is 1. The zero-order valence-electron chi connectivity index (χ0n) is 25.8. The van der Waals surface area contributed by atoms with Crippen LogP contribution in [0.25, 0.3) is 11.3 Å². The Bertz CT molecular complexity index is 1760. The highest BCUT2D eigenvalue weighted by Crippen LogP contribution is 2.32. The first-order valence-electron chi connectivity index (χ1n) is 15.1. The number of aliphatic hydroxyl groups is 1. The first-order valence-corrected chi connectivity index (χ1v) is 15.4. The van der Waals surface area contributed by atoms with E-state index in [0.29, 0.717) is 45.1 Å². The molecule has 13 nitrogen and oxygen atoms in total. The predicted octanol–water partition coefficient (Wildman–Crippen LogP) is 2.98. The van der Waals surface area contributed by atoms with Gasteiger partial charge in [-0.1, -0.05) is 29.8 Å². The van der Waals surface area contributed by atoms with Gasteiger partial charge in [-0.2, -0.15) is 0 Å². The molecule has 1 fully saturated rings. The number of aryl methyl sites for hydroxylation is 1. The van der Waals surface area contributed by atoms with Gasteiger partial charge in [-0.3, -0.25) is 9.59 Å². The van der Waals surface area contributed by atoms with Crippen LogP contribution in [0.4, 0.5) is 17.6 Å². The van der Waals surface area contributed by atoms with Crippen molar-refractivity contribution in [3.8, 4) is 11.3 Å². The summed E-state index contributed by atoms with van der Waals surface area (Å²) in [4.78, 5) is 55.0. The molecule has 6 rings (SSSR count). The van der Waals surface area contributed by atoms with Gasteiger partial charge in [0.25, 0.3) is 5.91 Å². The van der Waals surface area contributed by atoms with Crippen LogP contribution in [0, 0.1) is 6.92 Å². The first-order chi connectivity index (χ1) is 22.2. The van der Waals surface area contributed by atoms with Gasteiger partial charge in [0, 0.05) is 50.0 Å². The Morgan fingerprint density at radius 1 is 1.07 bits per heavy atom. The molecule has 0 unspecified atom stereocenters. The average molecular weight is 643 g/mol. The summed E-state index contributed by atoms with van der Waals surface area (Å²) in [6.07, 6.45) is 3.12. The maximum atomic E-state index is 13.6. The second-order valence-corrected chi connectivity index (χ2v) is 11.8. The second kappa shape index (κ2) is 13.3. The molecular formula is C32H35ClN10O3. The van der Waals surface area contributed by atoms with E-state index in [1.807, 2.05) is 24.3 Å². The van der Waals surface area contributed by atoms with Gasteiger partial charge in [0.05, 0.1) is 35.3 Å². The number of nitrogens with zero attached hydrogens (tertiary/aromatic N) is 8. The van der Waals surface area contributed by atoms with Gasteiger partial charge in [-0.25, -0.2) is 24.9 Å². The first kappa shape index (κ1) is 31.3. The molecule has 46 heavy (non-hydrogen) atoms. The third-order valence-electron chi connectivity index (χ3n) is 8.26. The minimum absolute atomic E-state index is 0.265. The maximum Gasteiger partial charge on any atom is 0.255 e. The van der Waals surface area contributed by atoms with Crippen molar-refractivity contribution in [3.05, 3.63) is 82.5 Å². The predicted molar refractivity (Wildman–Crippen MR) is 174 cm³/mol. The number of carbonyl (C=O) groups is 2. The van der Waals surface area contributed by atoms with Gasteiger partial charge >= 0.3 is 0 Å². The summed E-state index contributed by atoms with van der Waals surface area (Å²) >= 11 is 6.48. The number of nitrogens with one attached hydrogen (secondary N) is 2. The van der Waals surface area contributed by atoms with Crippen molar-refractivity contribution < 1.29 is 14.7 Å². The molecule has 0 bridgehead atoms. The highest BCUT2D eigenvalue weighted by atomic mass is 35.5. The third-order valence-corrected chi connectivity index (χ3v) is 8.54. The van der Waals surface area contributed by atoms with E-state index in [0.717, 1.165) is 37.6 Å². The molecule has 238 valence electrons. The lowest BCUT2D eigenvalue weighted by Gasteiger charge is -2.33. The van der Waals surface area contributed by atoms with Crippen LogP contribution in [0.2, 0.25) is 5.02 Å². The molecular weight excluding hydrogens is 608 g/mol. The second-order valence-electron chi connectivity index (χ2n) is 11.4. The van der Waals surface area contributed by atoms with E-state index in [1.165, 1.54) is 11.1 Å². The monoisotopic (exact) mass is 642 g/mol. The number of hydrogen-bond donors (Lipinski definition) is 3. The number of pyridine rings is 1. The lowest BCUT2D eigenvalue weighted by atomic mass is 10.0. The smallest absolute Gasteiger partial charge is 0.255 e. The number of aliphatic hydroxyl groups excluding tert-OH is 1. The Labute approximate surface area is 271 Å². The molecule has 2 aliphatic rings. The molecule has 14 heteroatoms. The molecule has 2 atom stereocenters. The largest absolute Gasteiger partial charge is 0.394 e. The van der Waals surface area contributed by atoms with Crippen LogP contribution in [0.5, 0.6) is 0 Å². The van der Waals surface area contributed by atoms with Gasteiger partial charge in [-0.15, -0.1) is 0 Å². The van der Waals surface area contributed by atoms with Crippen molar-refractivity contribution in [1.82, 2.24) is 40.0 Å². The maximum absolute atomic E-state index is 13.6. The molecule has 5 heterocycles. The molecule has 1 aromatic carbocycles. The summed E-state index contributed by atoms with van der Waals surface area (Å²) < 4.78 is 0. The fourth-order valence-electron chi connectivity index (χ4n) is 5.55. The molecule has 1 saturated heterocycles. The number of carbonyl (C=O) groups excluding carboxylic acids is 2. The van der Waals surface area contributed by atoms with Crippen LogP contribution in [-0.2, 0) is 11.3 Å². The summed E-state index contributed by atoms with van der Waals surface area (Å²) in [5.41, 5.74) is 2.89. The Morgan fingerprint density at radius 2 is 1.87 bits per heavy atom. The number of fused-ring (bicyclic) bond motifs is 1. The molecule has 2 amide bonds. The van der Waals surface area contributed by atoms with Crippen LogP contribution in [0.3, 0.4) is 0 Å². The molecule has 0 aliphatic carbocycles. The molecule has 3 aromatic heterocycles. The summed E-state index contributed by atoms with van der Waals surface area (Å²) in [5.74, 6) is 1.57. The molecule has 2 aliphatic heterocycles.